The van der Waals surface area contributed by atoms with Gasteiger partial charge in [-0.25, -0.2) is 8.78 Å². The molecule has 1 unspecified atom stereocenters. The van der Waals surface area contributed by atoms with Crippen molar-refractivity contribution in [2.45, 2.75) is 45.0 Å². The molecule has 3 atom stereocenters. The van der Waals surface area contributed by atoms with Gasteiger partial charge in [0.2, 0.25) is 5.43 Å². The number of carbonyl (C=O) groups excluding carboxylic acids is 2. The highest BCUT2D eigenvalue weighted by Crippen LogP contribution is 2.39. The van der Waals surface area contributed by atoms with Crippen molar-refractivity contribution < 1.29 is 27.8 Å². The molecule has 0 aliphatic carbocycles. The summed E-state index contributed by atoms with van der Waals surface area (Å²) in [6.45, 7) is 1.76. The third-order valence-electron chi connectivity index (χ3n) is 7.57. The maximum Gasteiger partial charge on any atom is 0.276 e. The quantitative estimate of drug-likeness (QED) is 0.351. The number of hydrogen-bond donors (Lipinski definition) is 1. The lowest BCUT2D eigenvalue weighted by molar-refractivity contribution is -0.0155. The molecule has 8 nitrogen and oxygen atoms in total. The average molecular weight is 572 g/mol. The van der Waals surface area contributed by atoms with E-state index in [1.54, 1.807) is 4.90 Å². The number of pyridine rings is 1. The number of halogens is 2. The Morgan fingerprint density at radius 1 is 1.02 bits per heavy atom. The number of amides is 2. The summed E-state index contributed by atoms with van der Waals surface area (Å²) in [5.74, 6) is -3.06. The number of hydrogen-bond acceptors (Lipinski definition) is 5. The zero-order chi connectivity index (χ0) is 29.4. The molecule has 2 amide bonds. The maximum atomic E-state index is 14.2. The molecule has 3 heterocycles. The van der Waals surface area contributed by atoms with E-state index in [2.05, 4.69) is 5.32 Å². The van der Waals surface area contributed by atoms with Gasteiger partial charge in [0.25, 0.3) is 11.8 Å². The highest BCUT2D eigenvalue weighted by Gasteiger charge is 2.48. The zero-order valence-electron chi connectivity index (χ0n) is 22.6. The van der Waals surface area contributed by atoms with Crippen molar-refractivity contribution >= 4 is 11.8 Å². The molecular weight excluding hydrogens is 544 g/mol. The van der Waals surface area contributed by atoms with Crippen LogP contribution in [-0.2, 0) is 24.4 Å². The summed E-state index contributed by atoms with van der Waals surface area (Å²) in [6.07, 6.45) is 0.283. The van der Waals surface area contributed by atoms with Crippen LogP contribution in [0.2, 0.25) is 0 Å². The van der Waals surface area contributed by atoms with Gasteiger partial charge < -0.3 is 24.3 Å². The van der Waals surface area contributed by atoms with Crippen LogP contribution in [0.15, 0.2) is 89.9 Å². The molecule has 0 saturated carbocycles. The first-order chi connectivity index (χ1) is 20.3. The number of carbonyl (C=O) groups is 2. The summed E-state index contributed by atoms with van der Waals surface area (Å²) in [5.41, 5.74) is 0.705. The van der Waals surface area contributed by atoms with Crippen LogP contribution in [0.4, 0.5) is 8.78 Å². The van der Waals surface area contributed by atoms with Gasteiger partial charge >= 0.3 is 0 Å². The fraction of sp³-hybridized carbons (Fsp3) is 0.219. The monoisotopic (exact) mass is 571 g/mol. The van der Waals surface area contributed by atoms with Gasteiger partial charge in [-0.1, -0.05) is 66.7 Å². The largest absolute Gasteiger partial charge is 0.483 e. The molecule has 1 aromatic heterocycles. The second-order valence-electron chi connectivity index (χ2n) is 10.3. The second kappa shape index (κ2) is 11.2. The Labute approximate surface area is 240 Å². The Morgan fingerprint density at radius 3 is 2.45 bits per heavy atom. The molecule has 6 rings (SSSR count). The number of nitrogens with zero attached hydrogens (tertiary/aromatic N) is 2. The molecule has 1 saturated heterocycles. The van der Waals surface area contributed by atoms with Crippen molar-refractivity contribution in [3.63, 3.8) is 0 Å². The Balaban J connectivity index is 1.35. The SMILES string of the molecule is CC1[C@H](c2ccccc2)O[C@@H]2Cn3cc(C(=O)NCc4ccc(F)cc4F)c(=O)c(OCc4ccccc4)c3C(=O)N12. The van der Waals surface area contributed by atoms with Gasteiger partial charge in [-0.2, -0.15) is 0 Å². The third kappa shape index (κ3) is 5.05. The Kier molecular flexibility index (Phi) is 7.30. The average Bonchev–Trinajstić information content (AvgIpc) is 3.33. The minimum atomic E-state index is -0.824. The van der Waals surface area contributed by atoms with Crippen LogP contribution < -0.4 is 15.5 Å². The Hall–Kier alpha value is -4.83. The predicted molar refractivity (Wildman–Crippen MR) is 149 cm³/mol. The first kappa shape index (κ1) is 27.3. The lowest BCUT2D eigenvalue weighted by atomic mass is 10.0. The molecular formula is C32H27F2N3O5. The van der Waals surface area contributed by atoms with E-state index in [0.29, 0.717) is 6.07 Å². The molecule has 42 heavy (non-hydrogen) atoms. The number of aromatic nitrogens is 1. The minimum Gasteiger partial charge on any atom is -0.483 e. The molecule has 0 bridgehead atoms. The normalized spacial score (nSPS) is 19.3. The summed E-state index contributed by atoms with van der Waals surface area (Å²) in [4.78, 5) is 42.5. The lowest BCUT2D eigenvalue weighted by Crippen LogP contribution is -2.49. The fourth-order valence-electron chi connectivity index (χ4n) is 5.46. The minimum absolute atomic E-state index is 0.00958. The standard InChI is InChI=1S/C32H27F2N3O5/c1-19-29(21-10-6-3-7-11-21)42-26-17-36-16-24(31(39)35-15-22-12-13-23(33)14-25(22)34)28(38)30(27(36)32(40)37(19)26)41-18-20-8-4-2-5-9-20/h2-14,16,19,26,29H,15,17-18H2,1H3,(H,35,39)/t19?,26-,29-/m1/s1. The van der Waals surface area contributed by atoms with Gasteiger partial charge in [0, 0.05) is 24.4 Å². The summed E-state index contributed by atoms with van der Waals surface area (Å²) in [5, 5.41) is 2.52. The fourth-order valence-corrected chi connectivity index (χ4v) is 5.46. The van der Waals surface area contributed by atoms with Crippen molar-refractivity contribution in [1.29, 1.82) is 0 Å². The van der Waals surface area contributed by atoms with E-state index >= 15 is 0 Å². The topological polar surface area (TPSA) is 89.9 Å². The summed E-state index contributed by atoms with van der Waals surface area (Å²) >= 11 is 0. The van der Waals surface area contributed by atoms with E-state index < -0.39 is 35.1 Å². The summed E-state index contributed by atoms with van der Waals surface area (Å²) < 4.78 is 41.3. The first-order valence-electron chi connectivity index (χ1n) is 13.5. The lowest BCUT2D eigenvalue weighted by Gasteiger charge is -2.34. The van der Waals surface area contributed by atoms with E-state index in [-0.39, 0.29) is 54.4 Å². The smallest absolute Gasteiger partial charge is 0.276 e. The van der Waals surface area contributed by atoms with Crippen LogP contribution >= 0.6 is 0 Å². The zero-order valence-corrected chi connectivity index (χ0v) is 22.6. The molecule has 3 aromatic carbocycles. The predicted octanol–water partition coefficient (Wildman–Crippen LogP) is 4.58. The number of rotatable bonds is 7. The van der Waals surface area contributed by atoms with Crippen molar-refractivity contribution in [3.8, 4) is 5.75 Å². The summed E-state index contributed by atoms with van der Waals surface area (Å²) in [7, 11) is 0. The highest BCUT2D eigenvalue weighted by molar-refractivity contribution is 5.99. The number of ether oxygens (including phenoxy) is 2. The van der Waals surface area contributed by atoms with Gasteiger partial charge in [0.15, 0.2) is 17.7 Å². The van der Waals surface area contributed by atoms with Crippen LogP contribution in [-0.4, -0.2) is 33.6 Å². The molecule has 214 valence electrons. The van der Waals surface area contributed by atoms with Crippen molar-refractivity contribution in [3.05, 3.63) is 135 Å². The molecule has 2 aliphatic rings. The van der Waals surface area contributed by atoms with Crippen molar-refractivity contribution in [2.24, 2.45) is 0 Å². The first-order valence-corrected chi connectivity index (χ1v) is 13.5. The number of fused-ring (bicyclic) bond motifs is 2. The maximum absolute atomic E-state index is 14.2. The van der Waals surface area contributed by atoms with E-state index in [4.69, 9.17) is 9.47 Å². The van der Waals surface area contributed by atoms with Crippen LogP contribution in [0, 0.1) is 11.6 Å². The van der Waals surface area contributed by atoms with E-state index in [1.807, 2.05) is 67.6 Å². The molecule has 10 heteroatoms. The van der Waals surface area contributed by atoms with Gasteiger partial charge in [-0.3, -0.25) is 14.4 Å². The molecule has 2 aliphatic heterocycles. The van der Waals surface area contributed by atoms with Gasteiger partial charge in [-0.15, -0.1) is 0 Å². The van der Waals surface area contributed by atoms with Crippen molar-refractivity contribution in [1.82, 2.24) is 14.8 Å². The summed E-state index contributed by atoms with van der Waals surface area (Å²) in [6, 6.07) is 21.4. The Bertz CT molecular complexity index is 1710. The van der Waals surface area contributed by atoms with Crippen LogP contribution in [0.3, 0.4) is 0 Å². The Morgan fingerprint density at radius 2 is 1.74 bits per heavy atom. The van der Waals surface area contributed by atoms with Crippen molar-refractivity contribution in [2.75, 3.05) is 0 Å². The van der Waals surface area contributed by atoms with Crippen LogP contribution in [0.1, 0.15) is 50.6 Å². The number of benzene rings is 3. The van der Waals surface area contributed by atoms with E-state index in [0.717, 1.165) is 17.2 Å². The van der Waals surface area contributed by atoms with Gasteiger partial charge in [-0.05, 0) is 24.1 Å². The third-order valence-corrected chi connectivity index (χ3v) is 7.57. The molecule has 0 radical (unpaired) electrons. The van der Waals surface area contributed by atoms with Gasteiger partial charge in [0.1, 0.15) is 29.9 Å². The van der Waals surface area contributed by atoms with Crippen LogP contribution in [0.5, 0.6) is 5.75 Å². The molecule has 4 aromatic rings. The molecule has 1 N–H and O–H groups in total. The van der Waals surface area contributed by atoms with Gasteiger partial charge in [0.05, 0.1) is 12.6 Å². The molecule has 0 spiro atoms. The van der Waals surface area contributed by atoms with E-state index in [1.165, 1.54) is 16.8 Å². The van der Waals surface area contributed by atoms with E-state index in [9.17, 15) is 23.2 Å². The highest BCUT2D eigenvalue weighted by atomic mass is 19.1. The van der Waals surface area contributed by atoms with Crippen LogP contribution in [0.25, 0.3) is 0 Å². The number of nitrogens with one attached hydrogen (secondary N) is 1. The molecule has 1 fully saturated rings. The second-order valence-corrected chi connectivity index (χ2v) is 10.3.